The van der Waals surface area contributed by atoms with Crippen molar-refractivity contribution >= 4 is 20.7 Å². The molecule has 1 heterocycles. The summed E-state index contributed by atoms with van der Waals surface area (Å²) in [5, 5.41) is 1.09. The summed E-state index contributed by atoms with van der Waals surface area (Å²) in [5.41, 5.74) is 1.03. The Morgan fingerprint density at radius 2 is 2.07 bits per heavy atom. The van der Waals surface area contributed by atoms with Crippen LogP contribution in [0.2, 0.25) is 0 Å². The Bertz CT molecular complexity index is 569. The maximum absolute atomic E-state index is 11.0. The molecule has 3 nitrogen and oxygen atoms in total. The lowest BCUT2D eigenvalue weighted by Crippen LogP contribution is -2.10. The van der Waals surface area contributed by atoms with E-state index < -0.39 is 9.84 Å². The van der Waals surface area contributed by atoms with Gasteiger partial charge in [-0.2, -0.15) is 0 Å². The van der Waals surface area contributed by atoms with E-state index in [2.05, 4.69) is 6.20 Å². The van der Waals surface area contributed by atoms with Crippen LogP contribution in [0.15, 0.2) is 30.3 Å². The van der Waals surface area contributed by atoms with Crippen LogP contribution >= 0.6 is 0 Å². The fourth-order valence-electron chi connectivity index (χ4n) is 1.51. The number of nitrogens with zero attached hydrogens (tertiary/aromatic N) is 1. The molecule has 0 bridgehead atoms. The van der Waals surface area contributed by atoms with Crippen molar-refractivity contribution in [2.24, 2.45) is 0 Å². The van der Waals surface area contributed by atoms with E-state index in [4.69, 9.17) is 0 Å². The first kappa shape index (κ1) is 10.2. The molecule has 0 aliphatic rings. The molecule has 0 saturated carbocycles. The van der Waals surface area contributed by atoms with Crippen LogP contribution < -0.4 is 0 Å². The zero-order chi connectivity index (χ0) is 10.9. The Balaban J connectivity index is 2.29. The van der Waals surface area contributed by atoms with Gasteiger partial charge in [0.2, 0.25) is 0 Å². The molecule has 0 amide bonds. The monoisotopic (exact) mass is 222 g/mol. The Morgan fingerprint density at radius 3 is 2.80 bits per heavy atom. The molecule has 0 atom stereocenters. The van der Waals surface area contributed by atoms with Gasteiger partial charge >= 0.3 is 0 Å². The number of para-hydroxylation sites is 1. The van der Waals surface area contributed by atoms with Gasteiger partial charge in [0, 0.05) is 23.7 Å². The predicted octanol–water partition coefficient (Wildman–Crippen LogP) is 1.49. The average Bonchev–Trinajstić information content (AvgIpc) is 2.57. The first-order valence-corrected chi connectivity index (χ1v) is 6.76. The minimum Gasteiger partial charge on any atom is -0.338 e. The van der Waals surface area contributed by atoms with Crippen LogP contribution in [-0.4, -0.2) is 25.0 Å². The molecule has 4 heteroatoms. The summed E-state index contributed by atoms with van der Waals surface area (Å²) >= 11 is 0. The summed E-state index contributed by atoms with van der Waals surface area (Å²) in [4.78, 5) is 0. The molecular formula is C11H12NO2S. The van der Waals surface area contributed by atoms with Crippen molar-refractivity contribution in [2.75, 3.05) is 12.0 Å². The standard InChI is InChI=1S/C11H12NO2S/c1-15(13,14)9-8-12-7-6-10-4-2-3-5-11(10)12/h2-6H,8-9H2,1H3. The summed E-state index contributed by atoms with van der Waals surface area (Å²) in [5.74, 6) is 0.155. The third-order valence-corrected chi connectivity index (χ3v) is 3.21. The Labute approximate surface area is 89.3 Å². The summed E-state index contributed by atoms with van der Waals surface area (Å²) in [7, 11) is -2.91. The minimum absolute atomic E-state index is 0.155. The van der Waals surface area contributed by atoms with Crippen LogP contribution in [0.25, 0.3) is 10.9 Å². The Morgan fingerprint density at radius 1 is 1.33 bits per heavy atom. The number of benzene rings is 1. The maximum atomic E-state index is 11.0. The molecule has 1 radical (unpaired) electrons. The van der Waals surface area contributed by atoms with Crippen molar-refractivity contribution < 1.29 is 8.42 Å². The molecule has 0 unspecified atom stereocenters. The van der Waals surface area contributed by atoms with E-state index in [0.717, 1.165) is 10.9 Å². The smallest absolute Gasteiger partial charge is 0.149 e. The van der Waals surface area contributed by atoms with Gasteiger partial charge in [0.25, 0.3) is 0 Å². The van der Waals surface area contributed by atoms with Gasteiger partial charge in [0.1, 0.15) is 9.84 Å². The second-order valence-corrected chi connectivity index (χ2v) is 5.87. The highest BCUT2D eigenvalue weighted by Gasteiger charge is 2.05. The van der Waals surface area contributed by atoms with Crippen molar-refractivity contribution in [1.29, 1.82) is 0 Å². The number of fused-ring (bicyclic) bond motifs is 1. The van der Waals surface area contributed by atoms with Crippen molar-refractivity contribution in [2.45, 2.75) is 6.54 Å². The molecule has 15 heavy (non-hydrogen) atoms. The number of rotatable bonds is 3. The molecule has 0 aliphatic carbocycles. The number of hydrogen-bond acceptors (Lipinski definition) is 2. The summed E-state index contributed by atoms with van der Waals surface area (Å²) in [6.45, 7) is 0.465. The van der Waals surface area contributed by atoms with E-state index >= 15 is 0 Å². The van der Waals surface area contributed by atoms with Crippen LogP contribution in [0.4, 0.5) is 0 Å². The van der Waals surface area contributed by atoms with Gasteiger partial charge < -0.3 is 4.57 Å². The fourth-order valence-corrected chi connectivity index (χ4v) is 2.03. The van der Waals surface area contributed by atoms with E-state index in [9.17, 15) is 8.42 Å². The van der Waals surface area contributed by atoms with Crippen LogP contribution in [0, 0.1) is 6.20 Å². The Kier molecular flexibility index (Phi) is 2.52. The number of hydrogen-bond donors (Lipinski definition) is 0. The summed E-state index contributed by atoms with van der Waals surface area (Å²) in [6, 6.07) is 9.72. The number of aromatic nitrogens is 1. The van der Waals surface area contributed by atoms with Gasteiger partial charge in [-0.15, -0.1) is 0 Å². The molecule has 0 N–H and O–H groups in total. The van der Waals surface area contributed by atoms with Crippen molar-refractivity contribution in [3.8, 4) is 0 Å². The second kappa shape index (κ2) is 3.70. The summed E-state index contributed by atoms with van der Waals surface area (Å²) < 4.78 is 23.9. The number of aryl methyl sites for hydroxylation is 1. The molecule has 1 aromatic heterocycles. The number of sulfone groups is 1. The van der Waals surface area contributed by atoms with Crippen molar-refractivity contribution in [3.05, 3.63) is 36.5 Å². The van der Waals surface area contributed by atoms with Gasteiger partial charge in [0.15, 0.2) is 0 Å². The van der Waals surface area contributed by atoms with Crippen LogP contribution in [-0.2, 0) is 16.4 Å². The van der Waals surface area contributed by atoms with E-state index in [1.54, 1.807) is 0 Å². The van der Waals surface area contributed by atoms with E-state index in [1.165, 1.54) is 6.26 Å². The molecule has 79 valence electrons. The van der Waals surface area contributed by atoms with Gasteiger partial charge in [0.05, 0.1) is 11.9 Å². The largest absolute Gasteiger partial charge is 0.338 e. The molecule has 1 aromatic carbocycles. The topological polar surface area (TPSA) is 39.1 Å². The lowest BCUT2D eigenvalue weighted by molar-refractivity contribution is 0.595. The SMILES string of the molecule is CS(=O)(=O)CCn1[c]cc2ccccc21. The Hall–Kier alpha value is -1.29. The van der Waals surface area contributed by atoms with Crippen LogP contribution in [0.1, 0.15) is 0 Å². The van der Waals surface area contributed by atoms with Crippen LogP contribution in [0.3, 0.4) is 0 Å². The first-order valence-electron chi connectivity index (χ1n) is 4.70. The normalized spacial score (nSPS) is 12.1. The fraction of sp³-hybridized carbons (Fsp3) is 0.273. The molecular weight excluding hydrogens is 210 g/mol. The summed E-state index contributed by atoms with van der Waals surface area (Å²) in [6.07, 6.45) is 4.29. The molecule has 0 aliphatic heterocycles. The van der Waals surface area contributed by atoms with E-state index in [0.29, 0.717) is 6.54 Å². The third-order valence-electron chi connectivity index (χ3n) is 2.29. The second-order valence-electron chi connectivity index (χ2n) is 3.61. The van der Waals surface area contributed by atoms with Gasteiger partial charge in [-0.25, -0.2) is 8.42 Å². The van der Waals surface area contributed by atoms with Gasteiger partial charge in [-0.3, -0.25) is 0 Å². The highest BCUT2D eigenvalue weighted by Crippen LogP contribution is 2.14. The molecule has 2 rings (SSSR count). The average molecular weight is 222 g/mol. The van der Waals surface area contributed by atoms with Gasteiger partial charge in [-0.1, -0.05) is 18.2 Å². The van der Waals surface area contributed by atoms with Crippen LogP contribution in [0.5, 0.6) is 0 Å². The van der Waals surface area contributed by atoms with Crippen molar-refractivity contribution in [3.63, 3.8) is 0 Å². The minimum atomic E-state index is -2.91. The molecule has 2 aromatic rings. The van der Waals surface area contributed by atoms with E-state index in [-0.39, 0.29) is 5.75 Å². The maximum Gasteiger partial charge on any atom is 0.149 e. The third kappa shape index (κ3) is 2.39. The molecule has 0 fully saturated rings. The lowest BCUT2D eigenvalue weighted by atomic mass is 10.2. The molecule has 0 spiro atoms. The predicted molar refractivity (Wildman–Crippen MR) is 60.5 cm³/mol. The highest BCUT2D eigenvalue weighted by atomic mass is 32.2. The zero-order valence-electron chi connectivity index (χ0n) is 8.47. The lowest BCUT2D eigenvalue weighted by Gasteiger charge is -2.03. The zero-order valence-corrected chi connectivity index (χ0v) is 9.29. The first-order chi connectivity index (χ1) is 7.06. The quantitative estimate of drug-likeness (QED) is 0.789. The van der Waals surface area contributed by atoms with Crippen molar-refractivity contribution in [1.82, 2.24) is 4.57 Å². The van der Waals surface area contributed by atoms with E-state index in [1.807, 2.05) is 34.9 Å². The van der Waals surface area contributed by atoms with Gasteiger partial charge in [-0.05, 0) is 12.1 Å². The molecule has 0 saturated heterocycles. The highest BCUT2D eigenvalue weighted by molar-refractivity contribution is 7.90.